The molecular formula is C8H20N2. The Kier molecular flexibility index (Phi) is 5.64. The summed E-state index contributed by atoms with van der Waals surface area (Å²) in [5, 5.41) is 3.19. The van der Waals surface area contributed by atoms with Gasteiger partial charge in [-0.2, -0.15) is 0 Å². The van der Waals surface area contributed by atoms with Gasteiger partial charge in [-0.3, -0.25) is 0 Å². The first-order valence-corrected chi connectivity index (χ1v) is 4.03. The van der Waals surface area contributed by atoms with Gasteiger partial charge in [0.05, 0.1) is 0 Å². The van der Waals surface area contributed by atoms with E-state index < -0.39 is 0 Å². The van der Waals surface area contributed by atoms with Gasteiger partial charge in [-0.15, -0.1) is 0 Å². The first-order valence-electron chi connectivity index (χ1n) is 4.03. The van der Waals surface area contributed by atoms with Crippen molar-refractivity contribution in [2.75, 3.05) is 27.7 Å². The molecule has 62 valence electrons. The summed E-state index contributed by atoms with van der Waals surface area (Å²) in [6.07, 6.45) is 2.55. The molecule has 0 aliphatic heterocycles. The van der Waals surface area contributed by atoms with E-state index in [0.717, 1.165) is 6.54 Å². The molecule has 0 rings (SSSR count). The van der Waals surface area contributed by atoms with E-state index in [2.05, 4.69) is 31.2 Å². The zero-order valence-corrected chi connectivity index (χ0v) is 7.65. The van der Waals surface area contributed by atoms with Crippen LogP contribution in [0.2, 0.25) is 0 Å². The van der Waals surface area contributed by atoms with Gasteiger partial charge in [-0.25, -0.2) is 0 Å². The van der Waals surface area contributed by atoms with Crippen molar-refractivity contribution < 1.29 is 0 Å². The summed E-state index contributed by atoms with van der Waals surface area (Å²) in [7, 11) is 6.28. The molecule has 1 N–H and O–H groups in total. The topological polar surface area (TPSA) is 15.3 Å². The average molecular weight is 144 g/mol. The Morgan fingerprint density at radius 3 is 2.30 bits per heavy atom. The third-order valence-corrected chi connectivity index (χ3v) is 1.79. The van der Waals surface area contributed by atoms with Gasteiger partial charge in [0, 0.05) is 12.6 Å². The molecule has 1 unspecified atom stereocenters. The molecule has 0 radical (unpaired) electrons. The second-order valence-electron chi connectivity index (χ2n) is 2.96. The second-order valence-corrected chi connectivity index (χ2v) is 2.96. The van der Waals surface area contributed by atoms with Crippen LogP contribution in [-0.4, -0.2) is 38.6 Å². The van der Waals surface area contributed by atoms with Crippen LogP contribution in [0.25, 0.3) is 0 Å². The molecule has 10 heavy (non-hydrogen) atoms. The molecule has 0 saturated carbocycles. The van der Waals surface area contributed by atoms with E-state index in [1.165, 1.54) is 12.8 Å². The highest BCUT2D eigenvalue weighted by atomic mass is 15.1. The SMILES string of the molecule is CCCC(CNC)N(C)C. The van der Waals surface area contributed by atoms with Crippen molar-refractivity contribution in [2.45, 2.75) is 25.8 Å². The normalized spacial score (nSPS) is 14.1. The lowest BCUT2D eigenvalue weighted by molar-refractivity contribution is 0.272. The smallest absolute Gasteiger partial charge is 0.0214 e. The molecule has 0 saturated heterocycles. The van der Waals surface area contributed by atoms with Crippen LogP contribution >= 0.6 is 0 Å². The van der Waals surface area contributed by atoms with Crippen molar-refractivity contribution in [3.63, 3.8) is 0 Å². The Labute approximate surface area is 64.6 Å². The molecule has 0 fully saturated rings. The summed E-state index contributed by atoms with van der Waals surface area (Å²) in [6, 6.07) is 0.704. The molecule has 2 heteroatoms. The van der Waals surface area contributed by atoms with Crippen LogP contribution in [0.4, 0.5) is 0 Å². The lowest BCUT2D eigenvalue weighted by Gasteiger charge is -2.23. The molecule has 0 heterocycles. The zero-order valence-electron chi connectivity index (χ0n) is 7.65. The van der Waals surface area contributed by atoms with Crippen LogP contribution in [-0.2, 0) is 0 Å². The van der Waals surface area contributed by atoms with Gasteiger partial charge < -0.3 is 10.2 Å². The van der Waals surface area contributed by atoms with Crippen LogP contribution in [0.15, 0.2) is 0 Å². The first-order chi connectivity index (χ1) is 4.72. The van der Waals surface area contributed by atoms with Gasteiger partial charge in [0.1, 0.15) is 0 Å². The Hall–Kier alpha value is -0.0800. The van der Waals surface area contributed by atoms with E-state index >= 15 is 0 Å². The lowest BCUT2D eigenvalue weighted by Crippen LogP contribution is -2.36. The van der Waals surface area contributed by atoms with E-state index in [0.29, 0.717) is 6.04 Å². The van der Waals surface area contributed by atoms with Crippen molar-refractivity contribution in [2.24, 2.45) is 0 Å². The zero-order chi connectivity index (χ0) is 7.98. The van der Waals surface area contributed by atoms with Crippen LogP contribution in [0, 0.1) is 0 Å². The number of nitrogens with zero attached hydrogens (tertiary/aromatic N) is 1. The molecule has 2 nitrogen and oxygen atoms in total. The minimum Gasteiger partial charge on any atom is -0.318 e. The van der Waals surface area contributed by atoms with E-state index in [9.17, 15) is 0 Å². The fraction of sp³-hybridized carbons (Fsp3) is 1.00. The third-order valence-electron chi connectivity index (χ3n) is 1.79. The average Bonchev–Trinajstić information content (AvgIpc) is 1.87. The van der Waals surface area contributed by atoms with E-state index in [1.807, 2.05) is 7.05 Å². The van der Waals surface area contributed by atoms with Crippen molar-refractivity contribution in [1.82, 2.24) is 10.2 Å². The number of rotatable bonds is 5. The maximum absolute atomic E-state index is 3.19. The molecule has 0 aliphatic rings. The summed E-state index contributed by atoms with van der Waals surface area (Å²) < 4.78 is 0. The van der Waals surface area contributed by atoms with E-state index in [-0.39, 0.29) is 0 Å². The highest BCUT2D eigenvalue weighted by molar-refractivity contribution is 4.66. The predicted molar refractivity (Wildman–Crippen MR) is 46.3 cm³/mol. The van der Waals surface area contributed by atoms with Crippen LogP contribution < -0.4 is 5.32 Å². The molecular weight excluding hydrogens is 124 g/mol. The first kappa shape index (κ1) is 9.92. The van der Waals surface area contributed by atoms with Crippen LogP contribution in [0.3, 0.4) is 0 Å². The van der Waals surface area contributed by atoms with Gasteiger partial charge in [-0.1, -0.05) is 13.3 Å². The molecule has 0 aromatic rings. The van der Waals surface area contributed by atoms with Gasteiger partial charge in [0.15, 0.2) is 0 Å². The van der Waals surface area contributed by atoms with Gasteiger partial charge in [-0.05, 0) is 27.6 Å². The Balaban J connectivity index is 3.50. The summed E-state index contributed by atoms with van der Waals surface area (Å²) in [5.41, 5.74) is 0. The van der Waals surface area contributed by atoms with E-state index in [1.54, 1.807) is 0 Å². The fourth-order valence-corrected chi connectivity index (χ4v) is 1.11. The minimum absolute atomic E-state index is 0.704. The van der Waals surface area contributed by atoms with Crippen molar-refractivity contribution in [3.8, 4) is 0 Å². The maximum Gasteiger partial charge on any atom is 0.0214 e. The maximum atomic E-state index is 3.19. The summed E-state index contributed by atoms with van der Waals surface area (Å²) >= 11 is 0. The molecule has 0 aliphatic carbocycles. The number of hydrogen-bond acceptors (Lipinski definition) is 2. The van der Waals surface area contributed by atoms with Crippen molar-refractivity contribution in [1.29, 1.82) is 0 Å². The second kappa shape index (κ2) is 5.69. The highest BCUT2D eigenvalue weighted by Crippen LogP contribution is 2.00. The number of likely N-dealkylation sites (N-methyl/N-ethyl adjacent to an activating group) is 2. The molecule has 0 aromatic carbocycles. The minimum atomic E-state index is 0.704. The quantitative estimate of drug-likeness (QED) is 0.617. The number of nitrogens with one attached hydrogen (secondary N) is 1. The lowest BCUT2D eigenvalue weighted by atomic mass is 10.1. The van der Waals surface area contributed by atoms with Crippen LogP contribution in [0.5, 0.6) is 0 Å². The van der Waals surface area contributed by atoms with Crippen molar-refractivity contribution in [3.05, 3.63) is 0 Å². The molecule has 0 amide bonds. The van der Waals surface area contributed by atoms with Gasteiger partial charge in [0.25, 0.3) is 0 Å². The Morgan fingerprint density at radius 2 is 2.00 bits per heavy atom. The van der Waals surface area contributed by atoms with E-state index in [4.69, 9.17) is 0 Å². The van der Waals surface area contributed by atoms with Gasteiger partial charge in [0.2, 0.25) is 0 Å². The Bertz CT molecular complexity index is 65.7. The van der Waals surface area contributed by atoms with Crippen molar-refractivity contribution >= 4 is 0 Å². The van der Waals surface area contributed by atoms with Gasteiger partial charge >= 0.3 is 0 Å². The monoisotopic (exact) mass is 144 g/mol. The standard InChI is InChI=1S/C8H20N2/c1-5-6-8(7-9-2)10(3)4/h8-9H,5-7H2,1-4H3. The summed E-state index contributed by atoms with van der Waals surface area (Å²) in [5.74, 6) is 0. The number of hydrogen-bond donors (Lipinski definition) is 1. The summed E-state index contributed by atoms with van der Waals surface area (Å²) in [4.78, 5) is 2.28. The largest absolute Gasteiger partial charge is 0.318 e. The molecule has 1 atom stereocenters. The third kappa shape index (κ3) is 3.85. The predicted octanol–water partition coefficient (Wildman–Crippen LogP) is 0.936. The van der Waals surface area contributed by atoms with Crippen LogP contribution in [0.1, 0.15) is 19.8 Å². The summed E-state index contributed by atoms with van der Waals surface area (Å²) in [6.45, 7) is 3.33. The fourth-order valence-electron chi connectivity index (χ4n) is 1.11. The molecule has 0 aromatic heterocycles. The Morgan fingerprint density at radius 1 is 1.40 bits per heavy atom. The highest BCUT2D eigenvalue weighted by Gasteiger charge is 2.07. The molecule has 0 spiro atoms. The molecule has 0 bridgehead atoms.